The van der Waals surface area contributed by atoms with Gasteiger partial charge in [-0.15, -0.1) is 0 Å². The molecule has 0 bridgehead atoms. The lowest BCUT2D eigenvalue weighted by molar-refractivity contribution is 0.0950. The molecule has 1 N–H and O–H groups in total. The van der Waals surface area contributed by atoms with Crippen molar-refractivity contribution in [3.8, 4) is 11.5 Å². The fourth-order valence-electron chi connectivity index (χ4n) is 3.59. The number of amides is 1. The molecule has 0 saturated heterocycles. The Labute approximate surface area is 174 Å². The highest BCUT2D eigenvalue weighted by molar-refractivity contribution is 6.07. The first kappa shape index (κ1) is 21.4. The molecule has 0 aliphatic heterocycles. The summed E-state index contributed by atoms with van der Waals surface area (Å²) in [5, 5.41) is 7.67. The second kappa shape index (κ2) is 9.02. The lowest BCUT2D eigenvalue weighted by atomic mass is 10.0. The lowest BCUT2D eigenvalue weighted by Gasteiger charge is -2.20. The molecule has 0 fully saturated rings. The first-order chi connectivity index (χ1) is 14.4. The number of ether oxygens (including phenoxy) is 2. The highest BCUT2D eigenvalue weighted by atomic mass is 16.5. The van der Waals surface area contributed by atoms with Gasteiger partial charge in [-0.3, -0.25) is 9.59 Å². The van der Waals surface area contributed by atoms with Crippen LogP contribution in [0.2, 0.25) is 0 Å². The highest BCUT2D eigenvalue weighted by Crippen LogP contribution is 2.33. The Hall–Kier alpha value is -3.29. The summed E-state index contributed by atoms with van der Waals surface area (Å²) in [6.45, 7) is 6.05. The summed E-state index contributed by atoms with van der Waals surface area (Å²) in [5.74, 6) is 1.25. The van der Waals surface area contributed by atoms with Gasteiger partial charge in [0, 0.05) is 23.7 Å². The molecule has 30 heavy (non-hydrogen) atoms. The fourth-order valence-corrected chi connectivity index (χ4v) is 3.59. The standard InChI is InChI=1S/C22H27N3O5/c1-6-15(7-2)25-12-18(21(26)23-11-14-8-13(3)30-24-14)16-9-19(28-4)20(29-5)10-17(16)22(25)27/h8-10,12,15H,6-7,11H2,1-5H3,(H,23,26). The van der Waals surface area contributed by atoms with Crippen molar-refractivity contribution in [2.45, 2.75) is 46.2 Å². The number of carbonyl (C=O) groups is 1. The predicted molar refractivity (Wildman–Crippen MR) is 113 cm³/mol. The Bertz CT molecular complexity index is 1110. The van der Waals surface area contributed by atoms with Crippen LogP contribution in [0.3, 0.4) is 0 Å². The Morgan fingerprint density at radius 2 is 1.77 bits per heavy atom. The third-order valence-electron chi connectivity index (χ3n) is 5.23. The predicted octanol–water partition coefficient (Wildman–Crippen LogP) is 3.61. The van der Waals surface area contributed by atoms with Crippen molar-refractivity contribution in [1.82, 2.24) is 15.0 Å². The molecular weight excluding hydrogens is 386 g/mol. The van der Waals surface area contributed by atoms with E-state index in [9.17, 15) is 9.59 Å². The minimum Gasteiger partial charge on any atom is -0.493 e. The van der Waals surface area contributed by atoms with Gasteiger partial charge in [0.15, 0.2) is 11.5 Å². The average Bonchev–Trinajstić information content (AvgIpc) is 3.18. The van der Waals surface area contributed by atoms with Crippen molar-refractivity contribution < 1.29 is 18.8 Å². The molecule has 0 aliphatic rings. The van der Waals surface area contributed by atoms with Crippen LogP contribution in [-0.2, 0) is 6.54 Å². The maximum Gasteiger partial charge on any atom is 0.258 e. The number of fused-ring (bicyclic) bond motifs is 1. The number of nitrogens with one attached hydrogen (secondary N) is 1. The minimum atomic E-state index is -0.312. The number of hydrogen-bond donors (Lipinski definition) is 1. The number of pyridine rings is 1. The Balaban J connectivity index is 2.15. The van der Waals surface area contributed by atoms with Crippen molar-refractivity contribution >= 4 is 16.7 Å². The van der Waals surface area contributed by atoms with Gasteiger partial charge in [-0.25, -0.2) is 0 Å². The molecule has 0 saturated carbocycles. The van der Waals surface area contributed by atoms with E-state index in [0.717, 1.165) is 12.8 Å². The molecule has 0 aliphatic carbocycles. The number of aryl methyl sites for hydroxylation is 1. The lowest BCUT2D eigenvalue weighted by Crippen LogP contribution is -2.29. The van der Waals surface area contributed by atoms with Gasteiger partial charge in [-0.2, -0.15) is 0 Å². The van der Waals surface area contributed by atoms with E-state index in [1.165, 1.54) is 14.2 Å². The summed E-state index contributed by atoms with van der Waals surface area (Å²) < 4.78 is 17.4. The van der Waals surface area contributed by atoms with Crippen LogP contribution < -0.4 is 20.3 Å². The first-order valence-electron chi connectivity index (χ1n) is 9.94. The largest absolute Gasteiger partial charge is 0.493 e. The van der Waals surface area contributed by atoms with Crippen LogP contribution in [0.15, 0.2) is 33.7 Å². The highest BCUT2D eigenvalue weighted by Gasteiger charge is 2.20. The van der Waals surface area contributed by atoms with Crippen LogP contribution in [0.25, 0.3) is 10.8 Å². The summed E-state index contributed by atoms with van der Waals surface area (Å²) in [5.41, 5.74) is 0.846. The fraction of sp³-hybridized carbons (Fsp3) is 0.409. The van der Waals surface area contributed by atoms with Crippen molar-refractivity contribution in [1.29, 1.82) is 0 Å². The Kier molecular flexibility index (Phi) is 6.44. The van der Waals surface area contributed by atoms with Gasteiger partial charge in [0.2, 0.25) is 0 Å². The second-order valence-electron chi connectivity index (χ2n) is 7.09. The monoisotopic (exact) mass is 413 g/mol. The Morgan fingerprint density at radius 3 is 2.30 bits per heavy atom. The zero-order valence-electron chi connectivity index (χ0n) is 17.9. The molecular formula is C22H27N3O5. The van der Waals surface area contributed by atoms with Gasteiger partial charge in [-0.05, 0) is 31.9 Å². The van der Waals surface area contributed by atoms with Crippen LogP contribution in [0.4, 0.5) is 0 Å². The number of carbonyl (C=O) groups excluding carboxylic acids is 1. The zero-order valence-corrected chi connectivity index (χ0v) is 17.9. The van der Waals surface area contributed by atoms with E-state index in [2.05, 4.69) is 10.5 Å². The molecule has 0 spiro atoms. The molecule has 160 valence electrons. The molecule has 3 aromatic rings. The van der Waals surface area contributed by atoms with E-state index in [0.29, 0.717) is 39.3 Å². The molecule has 8 heteroatoms. The third-order valence-corrected chi connectivity index (χ3v) is 5.23. The Morgan fingerprint density at radius 1 is 1.13 bits per heavy atom. The van der Waals surface area contributed by atoms with Crippen molar-refractivity contribution in [2.24, 2.45) is 0 Å². The maximum absolute atomic E-state index is 13.2. The van der Waals surface area contributed by atoms with Crippen LogP contribution in [0.1, 0.15) is 54.5 Å². The van der Waals surface area contributed by atoms with Crippen LogP contribution in [-0.4, -0.2) is 29.9 Å². The van der Waals surface area contributed by atoms with Gasteiger partial charge < -0.3 is 23.9 Å². The van der Waals surface area contributed by atoms with Crippen molar-refractivity contribution in [3.05, 3.63) is 51.8 Å². The SMILES string of the molecule is CCC(CC)n1cc(C(=O)NCc2cc(C)on2)c2cc(OC)c(OC)cc2c1=O. The third kappa shape index (κ3) is 4.03. The maximum atomic E-state index is 13.2. The summed E-state index contributed by atoms with van der Waals surface area (Å²) in [7, 11) is 3.03. The molecule has 0 atom stereocenters. The molecule has 1 aromatic carbocycles. The number of aromatic nitrogens is 2. The van der Waals surface area contributed by atoms with Gasteiger partial charge in [-0.1, -0.05) is 19.0 Å². The molecule has 3 rings (SSSR count). The molecule has 0 unspecified atom stereocenters. The van der Waals surface area contributed by atoms with Gasteiger partial charge in [0.1, 0.15) is 11.5 Å². The topological polar surface area (TPSA) is 95.6 Å². The van der Waals surface area contributed by atoms with Crippen LogP contribution in [0.5, 0.6) is 11.5 Å². The quantitative estimate of drug-likeness (QED) is 0.606. The summed E-state index contributed by atoms with van der Waals surface area (Å²) in [6.07, 6.45) is 3.18. The molecule has 2 aromatic heterocycles. The van der Waals surface area contributed by atoms with Crippen molar-refractivity contribution in [3.63, 3.8) is 0 Å². The molecule has 1 amide bonds. The number of methoxy groups -OCH3 is 2. The molecule has 2 heterocycles. The van der Waals surface area contributed by atoms with E-state index in [-0.39, 0.29) is 24.1 Å². The minimum absolute atomic E-state index is 0.0141. The summed E-state index contributed by atoms with van der Waals surface area (Å²) >= 11 is 0. The number of rotatable bonds is 8. The summed E-state index contributed by atoms with van der Waals surface area (Å²) in [4.78, 5) is 26.3. The zero-order chi connectivity index (χ0) is 21.8. The van der Waals surface area contributed by atoms with E-state index >= 15 is 0 Å². The normalized spacial score (nSPS) is 11.1. The van der Waals surface area contributed by atoms with Gasteiger partial charge in [0.05, 0.1) is 31.7 Å². The van der Waals surface area contributed by atoms with Gasteiger partial charge >= 0.3 is 0 Å². The van der Waals surface area contributed by atoms with E-state index in [1.807, 2.05) is 13.8 Å². The first-order valence-corrected chi connectivity index (χ1v) is 9.94. The molecule has 8 nitrogen and oxygen atoms in total. The van der Waals surface area contributed by atoms with Crippen LogP contribution in [0, 0.1) is 6.92 Å². The van der Waals surface area contributed by atoms with Crippen molar-refractivity contribution in [2.75, 3.05) is 14.2 Å². The number of nitrogens with zero attached hydrogens (tertiary/aromatic N) is 2. The average molecular weight is 413 g/mol. The molecule has 0 radical (unpaired) electrons. The van der Waals surface area contributed by atoms with E-state index in [1.54, 1.807) is 35.9 Å². The number of benzene rings is 1. The van der Waals surface area contributed by atoms with Gasteiger partial charge in [0.25, 0.3) is 11.5 Å². The van der Waals surface area contributed by atoms with Crippen LogP contribution >= 0.6 is 0 Å². The van der Waals surface area contributed by atoms with E-state index in [4.69, 9.17) is 14.0 Å². The van der Waals surface area contributed by atoms with E-state index < -0.39 is 0 Å². The number of hydrogen-bond acceptors (Lipinski definition) is 6. The summed E-state index contributed by atoms with van der Waals surface area (Å²) in [6, 6.07) is 5.05. The second-order valence-corrected chi connectivity index (χ2v) is 7.09. The smallest absolute Gasteiger partial charge is 0.258 e.